The lowest BCUT2D eigenvalue weighted by Gasteiger charge is -2.25. The van der Waals surface area contributed by atoms with E-state index in [1.54, 1.807) is 0 Å². The molecule has 0 saturated carbocycles. The second-order valence-corrected chi connectivity index (χ2v) is 12.6. The molecule has 1 unspecified atom stereocenters. The molecule has 0 fully saturated rings. The average Bonchev–Trinajstić information content (AvgIpc) is 3.51. The van der Waals surface area contributed by atoms with Gasteiger partial charge in [0.2, 0.25) is 0 Å². The van der Waals surface area contributed by atoms with Gasteiger partial charge in [-0.2, -0.15) is 0 Å². The summed E-state index contributed by atoms with van der Waals surface area (Å²) in [7, 11) is 0. The number of imidazole rings is 1. The molecule has 48 heavy (non-hydrogen) atoms. The highest BCUT2D eigenvalue weighted by atomic mass is 79.9. The van der Waals surface area contributed by atoms with Crippen molar-refractivity contribution in [1.82, 2.24) is 19.7 Å². The first kappa shape index (κ1) is 28.4. The van der Waals surface area contributed by atoms with Crippen LogP contribution in [0.5, 0.6) is 0 Å². The van der Waals surface area contributed by atoms with E-state index in [-0.39, 0.29) is 6.17 Å². The van der Waals surface area contributed by atoms with Crippen LogP contribution in [0, 0.1) is 0 Å². The largest absolute Gasteiger partial charge is 0.360 e. The lowest BCUT2D eigenvalue weighted by atomic mass is 10.0. The number of rotatable bonds is 5. The van der Waals surface area contributed by atoms with E-state index < -0.39 is 0 Å². The third-order valence-corrected chi connectivity index (χ3v) is 9.70. The number of hydrogen-bond acceptors (Lipinski definition) is 4. The molecule has 0 spiro atoms. The normalized spacial score (nSPS) is 14.6. The summed E-state index contributed by atoms with van der Waals surface area (Å²) in [5, 5.41) is 6.91. The SMILES string of the molecule is Brc1c(-c2ccc(C3=CC(c4ccccc4)=NC(c4ccccc4)N3)cc2)nc2c3c(ccn12)c(-c1ccccc1)nc1ccccc13. The third kappa shape index (κ3) is 4.89. The Bertz CT molecular complexity index is 2520. The van der Waals surface area contributed by atoms with Crippen molar-refractivity contribution in [1.29, 1.82) is 0 Å². The Hall–Kier alpha value is -5.85. The first-order valence-corrected chi connectivity index (χ1v) is 16.7. The minimum atomic E-state index is -0.188. The molecule has 0 radical (unpaired) electrons. The molecule has 4 heterocycles. The number of halogens is 1. The molecular formula is C42H28BrN5. The molecule has 1 atom stereocenters. The summed E-state index contributed by atoms with van der Waals surface area (Å²) >= 11 is 3.91. The quantitative estimate of drug-likeness (QED) is 0.184. The smallest absolute Gasteiger partial charge is 0.147 e. The zero-order valence-corrected chi connectivity index (χ0v) is 27.3. The molecule has 3 aromatic heterocycles. The van der Waals surface area contributed by atoms with Crippen LogP contribution in [0.1, 0.15) is 22.9 Å². The average molecular weight is 683 g/mol. The molecule has 5 nitrogen and oxygen atoms in total. The minimum Gasteiger partial charge on any atom is -0.360 e. The van der Waals surface area contributed by atoms with E-state index in [0.717, 1.165) is 82.5 Å². The van der Waals surface area contributed by atoms with Gasteiger partial charge in [0, 0.05) is 39.2 Å². The van der Waals surface area contributed by atoms with E-state index in [0.29, 0.717) is 0 Å². The predicted molar refractivity (Wildman–Crippen MR) is 200 cm³/mol. The highest BCUT2D eigenvalue weighted by Crippen LogP contribution is 2.38. The minimum absolute atomic E-state index is 0.188. The number of aliphatic imine (C=N–C) groups is 1. The monoisotopic (exact) mass is 681 g/mol. The summed E-state index contributed by atoms with van der Waals surface area (Å²) in [6, 6.07) is 50.2. The molecule has 1 N–H and O–H groups in total. The number of nitrogens with one attached hydrogen (secondary N) is 1. The van der Waals surface area contributed by atoms with Crippen LogP contribution >= 0.6 is 15.9 Å². The van der Waals surface area contributed by atoms with Gasteiger partial charge in [-0.05, 0) is 50.8 Å². The van der Waals surface area contributed by atoms with Gasteiger partial charge in [0.1, 0.15) is 22.1 Å². The van der Waals surface area contributed by atoms with Crippen molar-refractivity contribution in [2.24, 2.45) is 4.99 Å². The van der Waals surface area contributed by atoms with E-state index in [4.69, 9.17) is 15.0 Å². The van der Waals surface area contributed by atoms with Crippen LogP contribution in [0.4, 0.5) is 0 Å². The number of para-hydroxylation sites is 1. The van der Waals surface area contributed by atoms with E-state index in [9.17, 15) is 0 Å². The molecule has 0 amide bonds. The number of nitrogens with zero attached hydrogens (tertiary/aromatic N) is 4. The summed E-state index contributed by atoms with van der Waals surface area (Å²) in [6.07, 6.45) is 4.03. The Morgan fingerprint density at radius 1 is 0.562 bits per heavy atom. The zero-order chi connectivity index (χ0) is 32.0. The van der Waals surface area contributed by atoms with Crippen LogP contribution in [-0.4, -0.2) is 20.1 Å². The molecule has 6 heteroatoms. The highest BCUT2D eigenvalue weighted by Gasteiger charge is 2.21. The van der Waals surface area contributed by atoms with E-state index >= 15 is 0 Å². The van der Waals surface area contributed by atoms with Gasteiger partial charge in [0.15, 0.2) is 0 Å². The van der Waals surface area contributed by atoms with Crippen molar-refractivity contribution in [3.05, 3.63) is 179 Å². The standard InChI is InChI=1S/C42H28BrN5/c43-40-39(47-42-37-32-18-10-11-19-34(32)44-38(29-14-6-2-7-15-29)33(37)24-25-48(40)42)30-22-20-28(21-23-30)36-26-35(27-12-4-1-5-13-27)45-41(46-36)31-16-8-3-9-17-31/h1-26,41,46H. The van der Waals surface area contributed by atoms with Crippen molar-refractivity contribution < 1.29 is 0 Å². The molecule has 5 aromatic carbocycles. The van der Waals surface area contributed by atoms with Crippen molar-refractivity contribution >= 4 is 54.7 Å². The second-order valence-electron chi connectivity index (χ2n) is 11.9. The number of hydrogen-bond donors (Lipinski definition) is 1. The number of benzene rings is 5. The van der Waals surface area contributed by atoms with Gasteiger partial charge in [-0.3, -0.25) is 9.39 Å². The maximum atomic E-state index is 5.28. The zero-order valence-electron chi connectivity index (χ0n) is 25.8. The molecule has 1 aliphatic rings. The molecule has 0 saturated heterocycles. The number of pyridine rings is 2. The highest BCUT2D eigenvalue weighted by molar-refractivity contribution is 9.10. The Labute approximate surface area is 286 Å². The lowest BCUT2D eigenvalue weighted by molar-refractivity contribution is 0.664. The van der Waals surface area contributed by atoms with Crippen molar-refractivity contribution in [2.75, 3.05) is 0 Å². The molecule has 1 aliphatic heterocycles. The Kier molecular flexibility index (Phi) is 6.94. The maximum Gasteiger partial charge on any atom is 0.147 e. The molecular weight excluding hydrogens is 654 g/mol. The van der Waals surface area contributed by atoms with Gasteiger partial charge in [0.25, 0.3) is 0 Å². The van der Waals surface area contributed by atoms with Crippen molar-refractivity contribution in [2.45, 2.75) is 6.17 Å². The van der Waals surface area contributed by atoms with Crippen LogP contribution in [0.15, 0.2) is 167 Å². The Morgan fingerprint density at radius 2 is 1.19 bits per heavy atom. The van der Waals surface area contributed by atoms with Crippen molar-refractivity contribution in [3.8, 4) is 22.5 Å². The first-order valence-electron chi connectivity index (χ1n) is 15.9. The van der Waals surface area contributed by atoms with Crippen LogP contribution in [0.3, 0.4) is 0 Å². The number of fused-ring (bicyclic) bond motifs is 5. The summed E-state index contributed by atoms with van der Waals surface area (Å²) < 4.78 is 3.04. The lowest BCUT2D eigenvalue weighted by Crippen LogP contribution is -2.24. The first-order chi connectivity index (χ1) is 23.7. The summed E-state index contributed by atoms with van der Waals surface area (Å²) in [5.41, 5.74) is 11.1. The summed E-state index contributed by atoms with van der Waals surface area (Å²) in [4.78, 5) is 15.5. The molecule has 9 rings (SSSR count). The van der Waals surface area contributed by atoms with Gasteiger partial charge < -0.3 is 5.32 Å². The Morgan fingerprint density at radius 3 is 1.94 bits per heavy atom. The van der Waals surface area contributed by atoms with E-state index in [1.165, 1.54) is 0 Å². The summed E-state index contributed by atoms with van der Waals surface area (Å²) in [6.45, 7) is 0. The predicted octanol–water partition coefficient (Wildman–Crippen LogP) is 10.3. The van der Waals surface area contributed by atoms with Gasteiger partial charge in [-0.25, -0.2) is 9.97 Å². The van der Waals surface area contributed by atoms with E-state index in [1.807, 2.05) is 24.3 Å². The summed E-state index contributed by atoms with van der Waals surface area (Å²) in [5.74, 6) is 0. The van der Waals surface area contributed by atoms with Crippen LogP contribution in [-0.2, 0) is 0 Å². The topological polar surface area (TPSA) is 54.6 Å². The van der Waals surface area contributed by atoms with Gasteiger partial charge in [-0.15, -0.1) is 0 Å². The van der Waals surface area contributed by atoms with Gasteiger partial charge in [0.05, 0.1) is 16.9 Å². The molecule has 0 bridgehead atoms. The van der Waals surface area contributed by atoms with E-state index in [2.05, 4.69) is 159 Å². The van der Waals surface area contributed by atoms with Gasteiger partial charge >= 0.3 is 0 Å². The van der Waals surface area contributed by atoms with Crippen LogP contribution < -0.4 is 5.32 Å². The molecule has 228 valence electrons. The van der Waals surface area contributed by atoms with Crippen molar-refractivity contribution in [3.63, 3.8) is 0 Å². The third-order valence-electron chi connectivity index (χ3n) is 8.94. The van der Waals surface area contributed by atoms with Gasteiger partial charge in [-0.1, -0.05) is 133 Å². The van der Waals surface area contributed by atoms with Crippen LogP contribution in [0.2, 0.25) is 0 Å². The molecule has 0 aliphatic carbocycles. The fraction of sp³-hybridized carbons (Fsp3) is 0.0238. The molecule has 8 aromatic rings. The fourth-order valence-electron chi connectivity index (χ4n) is 6.57. The Balaban J connectivity index is 1.14. The number of allylic oxidation sites excluding steroid dienone is 1. The maximum absolute atomic E-state index is 5.28. The second kappa shape index (κ2) is 11.7. The van der Waals surface area contributed by atoms with Crippen LogP contribution in [0.25, 0.3) is 55.5 Å². The fourth-order valence-corrected chi connectivity index (χ4v) is 7.18. The number of aromatic nitrogens is 3.